The maximum atomic E-state index is 12.6. The first-order valence-corrected chi connectivity index (χ1v) is 9.42. The number of hydrogen-bond donors (Lipinski definition) is 2. The molecule has 2 rings (SSSR count). The largest absolute Gasteiger partial charge is 0.478 e. The van der Waals surface area contributed by atoms with Crippen LogP contribution in [0.4, 0.5) is 18.9 Å². The van der Waals surface area contributed by atoms with Crippen molar-refractivity contribution in [3.8, 4) is 11.5 Å². The van der Waals surface area contributed by atoms with Crippen LogP contribution in [-0.4, -0.2) is 38.5 Å². The molecule has 2 N–H and O–H groups in total. The molecule has 0 aliphatic heterocycles. The number of carboxylic acids is 1. The van der Waals surface area contributed by atoms with Gasteiger partial charge in [-0.1, -0.05) is 17.7 Å². The van der Waals surface area contributed by atoms with Crippen LogP contribution in [0, 0.1) is 6.92 Å². The van der Waals surface area contributed by atoms with E-state index in [1.54, 1.807) is 12.1 Å². The van der Waals surface area contributed by atoms with Crippen molar-refractivity contribution >= 4 is 21.5 Å². The molecule has 0 spiro atoms. The zero-order valence-corrected chi connectivity index (χ0v) is 15.1. The van der Waals surface area contributed by atoms with Gasteiger partial charge >= 0.3 is 12.1 Å². The minimum absolute atomic E-state index is 0.184. The fourth-order valence-electron chi connectivity index (χ4n) is 2.16. The molecule has 0 unspecified atom stereocenters. The molecule has 0 bridgehead atoms. The summed E-state index contributed by atoms with van der Waals surface area (Å²) in [5, 5.41) is 11.2. The molecule has 10 heteroatoms. The minimum Gasteiger partial charge on any atom is -0.478 e. The lowest BCUT2D eigenvalue weighted by Crippen LogP contribution is -2.22. The first kappa shape index (κ1) is 20.6. The molecule has 0 saturated heterocycles. The summed E-state index contributed by atoms with van der Waals surface area (Å²) in [6, 6.07) is 8.11. The van der Waals surface area contributed by atoms with Crippen molar-refractivity contribution in [1.82, 2.24) is 0 Å². The summed E-state index contributed by atoms with van der Waals surface area (Å²) < 4.78 is 67.5. The summed E-state index contributed by atoms with van der Waals surface area (Å²) in [5.74, 6) is -1.71. The number of carboxylic acid groups (broad SMARTS) is 1. The van der Waals surface area contributed by atoms with Crippen LogP contribution in [0.15, 0.2) is 41.3 Å². The third-order valence-electron chi connectivity index (χ3n) is 3.42. The van der Waals surface area contributed by atoms with Crippen LogP contribution in [0.2, 0.25) is 0 Å². The number of benzene rings is 2. The molecule has 0 saturated carbocycles. The summed E-state index contributed by atoms with van der Waals surface area (Å²) >= 11 is 0. The van der Waals surface area contributed by atoms with Crippen LogP contribution in [0.1, 0.15) is 15.9 Å². The van der Waals surface area contributed by atoms with Crippen molar-refractivity contribution in [3.63, 3.8) is 0 Å². The Kier molecular flexibility index (Phi) is 5.69. The van der Waals surface area contributed by atoms with Gasteiger partial charge < -0.3 is 15.2 Å². The van der Waals surface area contributed by atoms with Crippen molar-refractivity contribution in [1.29, 1.82) is 0 Å². The Balaban J connectivity index is 2.63. The highest BCUT2D eigenvalue weighted by Crippen LogP contribution is 2.38. The third kappa shape index (κ3) is 5.61. The molecule has 0 radical (unpaired) electrons. The number of halogens is 3. The summed E-state index contributed by atoms with van der Waals surface area (Å²) in [4.78, 5) is 10.7. The van der Waals surface area contributed by atoms with Crippen LogP contribution in [0.25, 0.3) is 0 Å². The fraction of sp³-hybridized carbons (Fsp3) is 0.235. The Bertz CT molecular complexity index is 954. The first-order valence-electron chi connectivity index (χ1n) is 7.53. The van der Waals surface area contributed by atoms with Crippen LogP contribution < -0.4 is 10.1 Å². The molecule has 0 aliphatic rings. The first-order chi connectivity index (χ1) is 12.4. The molecule has 0 aliphatic carbocycles. The van der Waals surface area contributed by atoms with Gasteiger partial charge in [0.05, 0.1) is 11.3 Å². The van der Waals surface area contributed by atoms with E-state index < -0.39 is 50.4 Å². The number of aryl methyl sites for hydroxylation is 1. The summed E-state index contributed by atoms with van der Waals surface area (Å²) in [6.07, 6.45) is -3.80. The van der Waals surface area contributed by atoms with E-state index in [9.17, 15) is 26.4 Å². The number of ether oxygens (including phenoxy) is 1. The standard InChI is InChI=1S/C17H16F3NO5S/c1-10-3-5-12(6-4-10)26-15-13(21-9-17(18,19)20)7-11(16(22)23)8-14(15)27(2,24)25/h3-8,21H,9H2,1-2H3,(H,22,23). The molecular formula is C17H16F3NO5S. The van der Waals surface area contributed by atoms with Gasteiger partial charge in [-0.25, -0.2) is 13.2 Å². The minimum atomic E-state index is -4.61. The van der Waals surface area contributed by atoms with Crippen molar-refractivity contribution in [3.05, 3.63) is 47.5 Å². The summed E-state index contributed by atoms with van der Waals surface area (Å²) in [7, 11) is -4.00. The Morgan fingerprint density at radius 2 is 1.78 bits per heavy atom. The topological polar surface area (TPSA) is 92.7 Å². The van der Waals surface area contributed by atoms with Gasteiger partial charge in [0.25, 0.3) is 0 Å². The van der Waals surface area contributed by atoms with Gasteiger partial charge in [0.2, 0.25) is 0 Å². The van der Waals surface area contributed by atoms with E-state index in [4.69, 9.17) is 9.84 Å². The molecular weight excluding hydrogens is 387 g/mol. The van der Waals surface area contributed by atoms with Crippen molar-refractivity contribution in [2.75, 3.05) is 18.1 Å². The highest BCUT2D eigenvalue weighted by atomic mass is 32.2. The Labute approximate surface area is 153 Å². The lowest BCUT2D eigenvalue weighted by molar-refractivity contribution is -0.115. The van der Waals surface area contributed by atoms with Gasteiger partial charge in [0.1, 0.15) is 17.2 Å². The number of anilines is 1. The molecule has 0 heterocycles. The van der Waals surface area contributed by atoms with Crippen molar-refractivity contribution < 1.29 is 36.2 Å². The molecule has 2 aromatic rings. The maximum absolute atomic E-state index is 12.6. The van der Waals surface area contributed by atoms with Gasteiger partial charge in [-0.2, -0.15) is 13.2 Å². The van der Waals surface area contributed by atoms with E-state index in [2.05, 4.69) is 0 Å². The monoisotopic (exact) mass is 403 g/mol. The molecule has 0 aromatic heterocycles. The van der Waals surface area contributed by atoms with Crippen LogP contribution in [-0.2, 0) is 9.84 Å². The lowest BCUT2D eigenvalue weighted by Gasteiger charge is -2.18. The number of nitrogens with one attached hydrogen (secondary N) is 1. The molecule has 6 nitrogen and oxygen atoms in total. The second-order valence-electron chi connectivity index (χ2n) is 5.81. The summed E-state index contributed by atoms with van der Waals surface area (Å²) in [6.45, 7) is 0.313. The molecule has 0 atom stereocenters. The lowest BCUT2D eigenvalue weighted by atomic mass is 10.1. The fourth-order valence-corrected chi connectivity index (χ4v) is 2.99. The Morgan fingerprint density at radius 1 is 1.19 bits per heavy atom. The van der Waals surface area contributed by atoms with Gasteiger partial charge in [0, 0.05) is 6.26 Å². The predicted molar refractivity (Wildman–Crippen MR) is 92.3 cm³/mol. The summed E-state index contributed by atoms with van der Waals surface area (Å²) in [5.41, 5.74) is 0.00640. The van der Waals surface area contributed by atoms with Crippen LogP contribution >= 0.6 is 0 Å². The van der Waals surface area contributed by atoms with Gasteiger partial charge in [-0.15, -0.1) is 0 Å². The van der Waals surface area contributed by atoms with Gasteiger partial charge in [-0.05, 0) is 31.2 Å². The third-order valence-corrected chi connectivity index (χ3v) is 4.52. The highest BCUT2D eigenvalue weighted by molar-refractivity contribution is 7.90. The number of rotatable bonds is 6. The van der Waals surface area contributed by atoms with E-state index in [-0.39, 0.29) is 5.75 Å². The second-order valence-corrected chi connectivity index (χ2v) is 7.80. The number of hydrogen-bond acceptors (Lipinski definition) is 5. The maximum Gasteiger partial charge on any atom is 0.405 e. The molecule has 146 valence electrons. The predicted octanol–water partition coefficient (Wildman–Crippen LogP) is 3.86. The van der Waals surface area contributed by atoms with E-state index in [1.807, 2.05) is 12.2 Å². The molecule has 27 heavy (non-hydrogen) atoms. The SMILES string of the molecule is Cc1ccc(Oc2c(NCC(F)(F)F)cc(C(=O)O)cc2S(C)(=O)=O)cc1. The van der Waals surface area contributed by atoms with Gasteiger partial charge in [0.15, 0.2) is 15.6 Å². The molecule has 0 amide bonds. The molecule has 2 aromatic carbocycles. The quantitative estimate of drug-likeness (QED) is 0.761. The Hall–Kier alpha value is -2.75. The van der Waals surface area contributed by atoms with E-state index >= 15 is 0 Å². The van der Waals surface area contributed by atoms with Crippen molar-refractivity contribution in [2.24, 2.45) is 0 Å². The average Bonchev–Trinajstić information content (AvgIpc) is 2.53. The zero-order chi connectivity index (χ0) is 20.4. The number of sulfone groups is 1. The van der Waals surface area contributed by atoms with E-state index in [1.165, 1.54) is 12.1 Å². The smallest absolute Gasteiger partial charge is 0.405 e. The zero-order valence-electron chi connectivity index (χ0n) is 14.3. The van der Waals surface area contributed by atoms with Gasteiger partial charge in [-0.3, -0.25) is 0 Å². The number of aromatic carboxylic acids is 1. The number of carbonyl (C=O) groups is 1. The molecule has 0 fully saturated rings. The van der Waals surface area contributed by atoms with E-state index in [0.717, 1.165) is 24.0 Å². The average molecular weight is 403 g/mol. The van der Waals surface area contributed by atoms with Crippen molar-refractivity contribution in [2.45, 2.75) is 18.0 Å². The van der Waals surface area contributed by atoms with Crippen LogP contribution in [0.5, 0.6) is 11.5 Å². The Morgan fingerprint density at radius 3 is 2.26 bits per heavy atom. The number of alkyl halides is 3. The van der Waals surface area contributed by atoms with E-state index in [0.29, 0.717) is 0 Å². The van der Waals surface area contributed by atoms with Crippen LogP contribution in [0.3, 0.4) is 0 Å². The second kappa shape index (κ2) is 7.47. The normalized spacial score (nSPS) is 11.9. The highest BCUT2D eigenvalue weighted by Gasteiger charge is 2.29.